The summed E-state index contributed by atoms with van der Waals surface area (Å²) in [5.74, 6) is 0.106. The highest BCUT2D eigenvalue weighted by Gasteiger charge is 2.40. The van der Waals surface area contributed by atoms with Gasteiger partial charge in [-0.15, -0.1) is 0 Å². The lowest BCUT2D eigenvalue weighted by Crippen LogP contribution is -2.52. The van der Waals surface area contributed by atoms with Crippen LogP contribution in [-0.4, -0.2) is 11.4 Å². The molecule has 1 aromatic carbocycles. The molecular weight excluding hydrogens is 255 g/mol. The molecule has 4 heteroatoms. The zero-order valence-corrected chi connectivity index (χ0v) is 12.0. The van der Waals surface area contributed by atoms with Crippen molar-refractivity contribution in [1.29, 1.82) is 0 Å². The second-order valence-electron chi connectivity index (χ2n) is 5.81. The highest BCUT2D eigenvalue weighted by atomic mass is 19.1. The molecule has 1 fully saturated rings. The summed E-state index contributed by atoms with van der Waals surface area (Å²) in [7, 11) is 0. The SMILES string of the molecule is CCCC1CCC(Nc2ccc(F)cc2)(C(N)=O)CC1. The van der Waals surface area contributed by atoms with Crippen molar-refractivity contribution in [2.75, 3.05) is 5.32 Å². The van der Waals surface area contributed by atoms with E-state index < -0.39 is 5.54 Å². The first-order valence-corrected chi connectivity index (χ1v) is 7.39. The minimum Gasteiger partial charge on any atom is -0.371 e. The molecule has 0 radical (unpaired) electrons. The highest BCUT2D eigenvalue weighted by molar-refractivity contribution is 5.88. The highest BCUT2D eigenvalue weighted by Crippen LogP contribution is 2.36. The van der Waals surface area contributed by atoms with Crippen LogP contribution in [0.5, 0.6) is 0 Å². The summed E-state index contributed by atoms with van der Waals surface area (Å²) in [5.41, 5.74) is 5.69. The van der Waals surface area contributed by atoms with E-state index in [2.05, 4.69) is 12.2 Å². The molecule has 0 aliphatic heterocycles. The maximum absolute atomic E-state index is 12.9. The Morgan fingerprint density at radius 2 is 1.95 bits per heavy atom. The predicted octanol–water partition coefficient (Wildman–Crippen LogP) is 3.45. The number of carbonyl (C=O) groups is 1. The van der Waals surface area contributed by atoms with E-state index in [4.69, 9.17) is 5.73 Å². The van der Waals surface area contributed by atoms with E-state index in [1.165, 1.54) is 25.0 Å². The fourth-order valence-corrected chi connectivity index (χ4v) is 3.11. The van der Waals surface area contributed by atoms with Gasteiger partial charge in [0.25, 0.3) is 0 Å². The summed E-state index contributed by atoms with van der Waals surface area (Å²) in [6.45, 7) is 2.19. The van der Waals surface area contributed by atoms with Crippen LogP contribution in [-0.2, 0) is 4.79 Å². The van der Waals surface area contributed by atoms with Gasteiger partial charge in [-0.25, -0.2) is 4.39 Å². The van der Waals surface area contributed by atoms with Gasteiger partial charge < -0.3 is 11.1 Å². The molecule has 0 aromatic heterocycles. The second kappa shape index (κ2) is 6.25. The zero-order valence-electron chi connectivity index (χ0n) is 12.0. The number of amides is 1. The maximum Gasteiger partial charge on any atom is 0.243 e. The first kappa shape index (κ1) is 14.8. The zero-order chi connectivity index (χ0) is 14.6. The molecule has 1 aliphatic rings. The van der Waals surface area contributed by atoms with E-state index in [0.29, 0.717) is 5.92 Å². The first-order valence-electron chi connectivity index (χ1n) is 7.39. The Labute approximate surface area is 119 Å². The fourth-order valence-electron chi connectivity index (χ4n) is 3.11. The lowest BCUT2D eigenvalue weighted by Gasteiger charge is -2.39. The van der Waals surface area contributed by atoms with E-state index in [1.54, 1.807) is 12.1 Å². The van der Waals surface area contributed by atoms with Gasteiger partial charge in [0.2, 0.25) is 5.91 Å². The summed E-state index contributed by atoms with van der Waals surface area (Å²) in [4.78, 5) is 11.9. The molecule has 3 N–H and O–H groups in total. The Morgan fingerprint density at radius 3 is 2.45 bits per heavy atom. The number of anilines is 1. The molecule has 1 amide bonds. The smallest absolute Gasteiger partial charge is 0.243 e. The van der Waals surface area contributed by atoms with Crippen LogP contribution in [0.1, 0.15) is 45.4 Å². The molecule has 0 saturated heterocycles. The standard InChI is InChI=1S/C16H23FN2O/c1-2-3-12-8-10-16(11-9-12,15(18)20)19-14-6-4-13(17)5-7-14/h4-7,12,19H,2-3,8-11H2,1H3,(H2,18,20). The van der Waals surface area contributed by atoms with Crippen molar-refractivity contribution in [1.82, 2.24) is 0 Å². The number of nitrogens with one attached hydrogen (secondary N) is 1. The average Bonchev–Trinajstić information content (AvgIpc) is 2.44. The van der Waals surface area contributed by atoms with E-state index in [0.717, 1.165) is 31.4 Å². The summed E-state index contributed by atoms with van der Waals surface area (Å²) < 4.78 is 12.9. The molecule has 1 aromatic rings. The lowest BCUT2D eigenvalue weighted by atomic mass is 9.74. The number of hydrogen-bond donors (Lipinski definition) is 2. The van der Waals surface area contributed by atoms with Crippen molar-refractivity contribution in [3.8, 4) is 0 Å². The number of carbonyl (C=O) groups excluding carboxylic acids is 1. The van der Waals surface area contributed by atoms with Crippen molar-refractivity contribution in [3.63, 3.8) is 0 Å². The van der Waals surface area contributed by atoms with Gasteiger partial charge in [0, 0.05) is 5.69 Å². The monoisotopic (exact) mass is 278 g/mol. The van der Waals surface area contributed by atoms with Crippen LogP contribution in [0, 0.1) is 11.7 Å². The lowest BCUT2D eigenvalue weighted by molar-refractivity contribution is -0.123. The third kappa shape index (κ3) is 3.30. The second-order valence-corrected chi connectivity index (χ2v) is 5.81. The summed E-state index contributed by atoms with van der Waals surface area (Å²) >= 11 is 0. The Bertz CT molecular complexity index is 450. The van der Waals surface area contributed by atoms with Crippen molar-refractivity contribution >= 4 is 11.6 Å². The van der Waals surface area contributed by atoms with Crippen molar-refractivity contribution in [2.45, 2.75) is 51.0 Å². The minimum atomic E-state index is -0.679. The molecule has 20 heavy (non-hydrogen) atoms. The minimum absolute atomic E-state index is 0.282. The number of nitrogens with two attached hydrogens (primary N) is 1. The van der Waals surface area contributed by atoms with Gasteiger partial charge in [0.1, 0.15) is 11.4 Å². The molecule has 0 unspecified atom stereocenters. The number of rotatable bonds is 5. The van der Waals surface area contributed by atoms with Gasteiger partial charge in [-0.2, -0.15) is 0 Å². The quantitative estimate of drug-likeness (QED) is 0.866. The van der Waals surface area contributed by atoms with E-state index in [-0.39, 0.29) is 11.7 Å². The van der Waals surface area contributed by atoms with Gasteiger partial charge in [-0.05, 0) is 55.9 Å². The normalized spacial score (nSPS) is 26.2. The molecule has 0 atom stereocenters. The number of hydrogen-bond acceptors (Lipinski definition) is 2. The molecule has 1 saturated carbocycles. The van der Waals surface area contributed by atoms with Crippen LogP contribution in [0.2, 0.25) is 0 Å². The van der Waals surface area contributed by atoms with Crippen molar-refractivity contribution in [3.05, 3.63) is 30.1 Å². The van der Waals surface area contributed by atoms with Gasteiger partial charge in [0.15, 0.2) is 0 Å². The third-order valence-electron chi connectivity index (χ3n) is 4.36. The van der Waals surface area contributed by atoms with Crippen LogP contribution in [0.25, 0.3) is 0 Å². The average molecular weight is 278 g/mol. The summed E-state index contributed by atoms with van der Waals surface area (Å²) in [6.07, 6.45) is 5.94. The number of halogens is 1. The molecule has 2 rings (SSSR count). The van der Waals surface area contributed by atoms with E-state index in [9.17, 15) is 9.18 Å². The van der Waals surface area contributed by atoms with Crippen molar-refractivity contribution in [2.24, 2.45) is 11.7 Å². The van der Waals surface area contributed by atoms with Crippen LogP contribution in [0.3, 0.4) is 0 Å². The summed E-state index contributed by atoms with van der Waals surface area (Å²) in [6, 6.07) is 6.08. The fraction of sp³-hybridized carbons (Fsp3) is 0.562. The van der Waals surface area contributed by atoms with Crippen molar-refractivity contribution < 1.29 is 9.18 Å². The third-order valence-corrected chi connectivity index (χ3v) is 4.36. The topological polar surface area (TPSA) is 55.1 Å². The molecule has 0 heterocycles. The molecule has 1 aliphatic carbocycles. The van der Waals surface area contributed by atoms with E-state index >= 15 is 0 Å². The Kier molecular flexibility index (Phi) is 4.63. The van der Waals surface area contributed by atoms with Gasteiger partial charge >= 0.3 is 0 Å². The number of benzene rings is 1. The molecule has 3 nitrogen and oxygen atoms in total. The summed E-state index contributed by atoms with van der Waals surface area (Å²) in [5, 5.41) is 3.24. The van der Waals surface area contributed by atoms with Gasteiger partial charge in [0.05, 0.1) is 0 Å². The van der Waals surface area contributed by atoms with Crippen LogP contribution in [0.15, 0.2) is 24.3 Å². The van der Waals surface area contributed by atoms with Crippen LogP contribution < -0.4 is 11.1 Å². The molecular formula is C16H23FN2O. The van der Waals surface area contributed by atoms with Crippen LogP contribution >= 0.6 is 0 Å². The Balaban J connectivity index is 2.08. The number of primary amides is 1. The Hall–Kier alpha value is -1.58. The maximum atomic E-state index is 12.9. The van der Waals surface area contributed by atoms with E-state index in [1.807, 2.05) is 0 Å². The molecule has 0 spiro atoms. The predicted molar refractivity (Wildman–Crippen MR) is 78.8 cm³/mol. The molecule has 110 valence electrons. The Morgan fingerprint density at radius 1 is 1.35 bits per heavy atom. The first-order chi connectivity index (χ1) is 9.55. The van der Waals surface area contributed by atoms with Gasteiger partial charge in [-0.3, -0.25) is 4.79 Å². The van der Waals surface area contributed by atoms with Crippen LogP contribution in [0.4, 0.5) is 10.1 Å². The largest absolute Gasteiger partial charge is 0.371 e. The molecule has 0 bridgehead atoms. The van der Waals surface area contributed by atoms with Gasteiger partial charge in [-0.1, -0.05) is 19.8 Å².